The van der Waals surface area contributed by atoms with Crippen LogP contribution in [-0.4, -0.2) is 25.6 Å². The van der Waals surface area contributed by atoms with E-state index < -0.39 is 0 Å². The minimum absolute atomic E-state index is 0.0996. The molecule has 0 radical (unpaired) electrons. The summed E-state index contributed by atoms with van der Waals surface area (Å²) in [4.78, 5) is 12.2. The predicted molar refractivity (Wildman–Crippen MR) is 83.7 cm³/mol. The molecular formula is C16H12Cl2O4. The molecule has 2 aromatic rings. The van der Waals surface area contributed by atoms with Crippen molar-refractivity contribution < 1.29 is 19.0 Å². The summed E-state index contributed by atoms with van der Waals surface area (Å²) >= 11 is 11.7. The first-order valence-corrected chi connectivity index (χ1v) is 7.40. The minimum Gasteiger partial charge on any atom is -0.486 e. The lowest BCUT2D eigenvalue weighted by atomic mass is 10.1. The molecule has 1 heterocycles. The number of benzene rings is 2. The molecule has 1 aliphatic heterocycles. The number of ketones is 1. The second-order valence-electron chi connectivity index (χ2n) is 4.65. The summed E-state index contributed by atoms with van der Waals surface area (Å²) in [5.41, 5.74) is 0.504. The average molecular weight is 339 g/mol. The van der Waals surface area contributed by atoms with E-state index in [-0.39, 0.29) is 12.4 Å². The van der Waals surface area contributed by atoms with Gasteiger partial charge in [0.05, 0.1) is 10.0 Å². The highest BCUT2D eigenvalue weighted by molar-refractivity contribution is 6.42. The Labute approximate surface area is 137 Å². The lowest BCUT2D eigenvalue weighted by molar-refractivity contribution is 0.0920. The number of fused-ring (bicyclic) bond motifs is 1. The number of hydrogen-bond donors (Lipinski definition) is 0. The third-order valence-corrected chi connectivity index (χ3v) is 3.86. The molecule has 3 rings (SSSR count). The molecule has 0 saturated carbocycles. The monoisotopic (exact) mass is 338 g/mol. The number of carbonyl (C=O) groups is 1. The van der Waals surface area contributed by atoms with Crippen molar-refractivity contribution in [2.45, 2.75) is 0 Å². The molecule has 0 aromatic heterocycles. The van der Waals surface area contributed by atoms with Crippen molar-refractivity contribution in [2.75, 3.05) is 19.8 Å². The molecule has 2 aromatic carbocycles. The van der Waals surface area contributed by atoms with Gasteiger partial charge in [-0.25, -0.2) is 0 Å². The maximum atomic E-state index is 12.2. The Bertz CT molecular complexity index is 715. The molecule has 0 N–H and O–H groups in total. The Morgan fingerprint density at radius 3 is 2.55 bits per heavy atom. The maximum absolute atomic E-state index is 12.2. The van der Waals surface area contributed by atoms with Crippen LogP contribution in [0, 0.1) is 0 Å². The molecule has 0 bridgehead atoms. The van der Waals surface area contributed by atoms with Crippen molar-refractivity contribution in [1.29, 1.82) is 0 Å². The van der Waals surface area contributed by atoms with E-state index in [4.69, 9.17) is 37.4 Å². The van der Waals surface area contributed by atoms with Crippen LogP contribution in [0.4, 0.5) is 0 Å². The number of halogens is 2. The number of hydrogen-bond acceptors (Lipinski definition) is 4. The Hall–Kier alpha value is -1.91. The summed E-state index contributed by atoms with van der Waals surface area (Å²) in [6.07, 6.45) is 0. The van der Waals surface area contributed by atoms with E-state index in [0.717, 1.165) is 0 Å². The molecule has 0 fully saturated rings. The van der Waals surface area contributed by atoms with Crippen molar-refractivity contribution in [2.24, 2.45) is 0 Å². The Balaban J connectivity index is 1.68. The number of carbonyl (C=O) groups excluding carboxylic acids is 1. The first-order chi connectivity index (χ1) is 10.6. The Kier molecular flexibility index (Phi) is 4.41. The Morgan fingerprint density at radius 2 is 1.77 bits per heavy atom. The first-order valence-electron chi connectivity index (χ1n) is 6.64. The molecule has 0 unspecified atom stereocenters. The zero-order valence-electron chi connectivity index (χ0n) is 11.5. The van der Waals surface area contributed by atoms with Crippen LogP contribution in [-0.2, 0) is 0 Å². The van der Waals surface area contributed by atoms with Crippen LogP contribution in [0.3, 0.4) is 0 Å². The van der Waals surface area contributed by atoms with Gasteiger partial charge in [-0.15, -0.1) is 0 Å². The van der Waals surface area contributed by atoms with Crippen LogP contribution in [0.5, 0.6) is 17.2 Å². The first kappa shape index (κ1) is 15.0. The SMILES string of the molecule is O=C(COc1ccc(Cl)c(Cl)c1)c1ccc2c(c1)OCCO2. The summed E-state index contributed by atoms with van der Waals surface area (Å²) in [6.45, 7) is 0.892. The molecule has 0 saturated heterocycles. The summed E-state index contributed by atoms with van der Waals surface area (Å²) in [7, 11) is 0. The fraction of sp³-hybridized carbons (Fsp3) is 0.188. The Morgan fingerprint density at radius 1 is 1.00 bits per heavy atom. The molecule has 4 nitrogen and oxygen atoms in total. The van der Waals surface area contributed by atoms with E-state index in [1.165, 1.54) is 0 Å². The number of ether oxygens (including phenoxy) is 3. The van der Waals surface area contributed by atoms with Crippen LogP contribution in [0.1, 0.15) is 10.4 Å². The standard InChI is InChI=1S/C16H12Cl2O4/c17-12-3-2-11(8-13(12)18)22-9-14(19)10-1-4-15-16(7-10)21-6-5-20-15/h1-4,7-8H,5-6,9H2. The van der Waals surface area contributed by atoms with Crippen LogP contribution in [0.25, 0.3) is 0 Å². The van der Waals surface area contributed by atoms with E-state index >= 15 is 0 Å². The number of Topliss-reactive ketones (excluding diaryl/α,β-unsaturated/α-hetero) is 1. The van der Waals surface area contributed by atoms with Gasteiger partial charge in [-0.05, 0) is 30.3 Å². The lowest BCUT2D eigenvalue weighted by Crippen LogP contribution is -2.17. The number of rotatable bonds is 4. The summed E-state index contributed by atoms with van der Waals surface area (Å²) < 4.78 is 16.3. The van der Waals surface area contributed by atoms with Gasteiger partial charge in [0, 0.05) is 11.6 Å². The molecular weight excluding hydrogens is 327 g/mol. The van der Waals surface area contributed by atoms with Gasteiger partial charge in [0.1, 0.15) is 19.0 Å². The molecule has 0 aliphatic carbocycles. The third kappa shape index (κ3) is 3.29. The van der Waals surface area contributed by atoms with Crippen LogP contribution < -0.4 is 14.2 Å². The highest BCUT2D eigenvalue weighted by Crippen LogP contribution is 2.31. The topological polar surface area (TPSA) is 44.8 Å². The fourth-order valence-corrected chi connectivity index (χ4v) is 2.30. The predicted octanol–water partition coefficient (Wildman–Crippen LogP) is 4.03. The van der Waals surface area contributed by atoms with Gasteiger partial charge in [0.2, 0.25) is 0 Å². The highest BCUT2D eigenvalue weighted by Gasteiger charge is 2.15. The highest BCUT2D eigenvalue weighted by atomic mass is 35.5. The molecule has 6 heteroatoms. The lowest BCUT2D eigenvalue weighted by Gasteiger charge is -2.18. The molecule has 0 spiro atoms. The second-order valence-corrected chi connectivity index (χ2v) is 5.46. The third-order valence-electron chi connectivity index (χ3n) is 3.13. The van der Waals surface area contributed by atoms with Gasteiger partial charge in [0.15, 0.2) is 23.9 Å². The van der Waals surface area contributed by atoms with Crippen molar-refractivity contribution in [1.82, 2.24) is 0 Å². The smallest absolute Gasteiger partial charge is 0.200 e. The van der Waals surface area contributed by atoms with E-state index in [1.807, 2.05) is 0 Å². The van der Waals surface area contributed by atoms with Gasteiger partial charge in [0.25, 0.3) is 0 Å². The molecule has 0 atom stereocenters. The second kappa shape index (κ2) is 6.46. The molecule has 22 heavy (non-hydrogen) atoms. The van der Waals surface area contributed by atoms with Crippen molar-refractivity contribution >= 4 is 29.0 Å². The van der Waals surface area contributed by atoms with Gasteiger partial charge in [-0.2, -0.15) is 0 Å². The maximum Gasteiger partial charge on any atom is 0.200 e. The van der Waals surface area contributed by atoms with E-state index in [1.54, 1.807) is 36.4 Å². The largest absolute Gasteiger partial charge is 0.486 e. The van der Waals surface area contributed by atoms with Crippen molar-refractivity contribution in [3.05, 3.63) is 52.0 Å². The van der Waals surface area contributed by atoms with Crippen molar-refractivity contribution in [3.63, 3.8) is 0 Å². The van der Waals surface area contributed by atoms with Crippen LogP contribution in [0.15, 0.2) is 36.4 Å². The average Bonchev–Trinajstić information content (AvgIpc) is 2.55. The van der Waals surface area contributed by atoms with Crippen molar-refractivity contribution in [3.8, 4) is 17.2 Å². The summed E-state index contributed by atoms with van der Waals surface area (Å²) in [6, 6.07) is 9.92. The van der Waals surface area contributed by atoms with Crippen LogP contribution >= 0.6 is 23.2 Å². The zero-order valence-corrected chi connectivity index (χ0v) is 13.0. The van der Waals surface area contributed by atoms with E-state index in [9.17, 15) is 4.79 Å². The molecule has 114 valence electrons. The quantitative estimate of drug-likeness (QED) is 0.789. The van der Waals surface area contributed by atoms with Crippen LogP contribution in [0.2, 0.25) is 10.0 Å². The zero-order chi connectivity index (χ0) is 15.5. The summed E-state index contributed by atoms with van der Waals surface area (Å²) in [5, 5.41) is 0.818. The van der Waals surface area contributed by atoms with Gasteiger partial charge < -0.3 is 14.2 Å². The van der Waals surface area contributed by atoms with E-state index in [0.29, 0.717) is 46.1 Å². The van der Waals surface area contributed by atoms with Gasteiger partial charge >= 0.3 is 0 Å². The van der Waals surface area contributed by atoms with Gasteiger partial charge in [-0.1, -0.05) is 23.2 Å². The van der Waals surface area contributed by atoms with Gasteiger partial charge in [-0.3, -0.25) is 4.79 Å². The minimum atomic E-state index is -0.164. The normalized spacial score (nSPS) is 12.8. The molecule has 1 aliphatic rings. The fourth-order valence-electron chi connectivity index (χ4n) is 2.02. The van der Waals surface area contributed by atoms with E-state index in [2.05, 4.69) is 0 Å². The molecule has 0 amide bonds. The summed E-state index contributed by atoms with van der Waals surface area (Å²) in [5.74, 6) is 1.54.